The predicted octanol–water partition coefficient (Wildman–Crippen LogP) is 2.17. The summed E-state index contributed by atoms with van der Waals surface area (Å²) in [7, 11) is 0. The standard InChI is InChI=1S/C15H29N3O/c16-14(18-13-7-3-1-2-4-8-13)17-11-15(12-19)9-5-6-10-15/h13,19H,1-12H2,(H3,16,17,18). The third-order valence-electron chi connectivity index (χ3n) is 4.79. The maximum Gasteiger partial charge on any atom is 0.188 e. The van der Waals surface area contributed by atoms with Crippen molar-refractivity contribution in [1.82, 2.24) is 5.32 Å². The fourth-order valence-electron chi connectivity index (χ4n) is 3.42. The quantitative estimate of drug-likeness (QED) is 0.415. The average molecular weight is 267 g/mol. The lowest BCUT2D eigenvalue weighted by atomic mass is 9.87. The van der Waals surface area contributed by atoms with Gasteiger partial charge in [-0.3, -0.25) is 4.99 Å². The van der Waals surface area contributed by atoms with Crippen molar-refractivity contribution < 1.29 is 5.11 Å². The lowest BCUT2D eigenvalue weighted by Gasteiger charge is -2.24. The summed E-state index contributed by atoms with van der Waals surface area (Å²) in [5.74, 6) is 0.576. The van der Waals surface area contributed by atoms with Crippen LogP contribution in [0.1, 0.15) is 64.2 Å². The van der Waals surface area contributed by atoms with Crippen molar-refractivity contribution in [3.05, 3.63) is 0 Å². The Balaban J connectivity index is 1.81. The molecule has 2 aliphatic rings. The molecule has 0 atom stereocenters. The molecule has 2 aliphatic carbocycles. The van der Waals surface area contributed by atoms with E-state index in [0.29, 0.717) is 18.5 Å². The van der Waals surface area contributed by atoms with Crippen molar-refractivity contribution >= 4 is 5.96 Å². The van der Waals surface area contributed by atoms with Crippen LogP contribution < -0.4 is 11.1 Å². The zero-order valence-electron chi connectivity index (χ0n) is 12.0. The second kappa shape index (κ2) is 7.13. The molecule has 2 saturated carbocycles. The van der Waals surface area contributed by atoms with Gasteiger partial charge in [-0.1, -0.05) is 38.5 Å². The molecule has 2 rings (SSSR count). The first-order valence-electron chi connectivity index (χ1n) is 7.91. The van der Waals surface area contributed by atoms with Crippen molar-refractivity contribution in [3.8, 4) is 0 Å². The molecule has 0 bridgehead atoms. The molecular formula is C15H29N3O. The van der Waals surface area contributed by atoms with Crippen LogP contribution in [0.15, 0.2) is 4.99 Å². The van der Waals surface area contributed by atoms with Crippen molar-refractivity contribution in [2.24, 2.45) is 16.1 Å². The Labute approximate surface area is 116 Å². The first-order valence-corrected chi connectivity index (χ1v) is 7.91. The Bertz CT molecular complexity index is 290. The summed E-state index contributed by atoms with van der Waals surface area (Å²) in [5.41, 5.74) is 6.01. The minimum Gasteiger partial charge on any atom is -0.396 e. The van der Waals surface area contributed by atoms with Crippen LogP contribution in [0, 0.1) is 5.41 Å². The molecule has 4 N–H and O–H groups in total. The Morgan fingerprint density at radius 2 is 1.74 bits per heavy atom. The van der Waals surface area contributed by atoms with Crippen LogP contribution in [-0.4, -0.2) is 30.3 Å². The molecule has 2 fully saturated rings. The van der Waals surface area contributed by atoms with Gasteiger partial charge in [0.2, 0.25) is 0 Å². The number of aliphatic imine (C=N–C) groups is 1. The SMILES string of the molecule is NC(=NCC1(CO)CCCC1)NC1CCCCCC1. The third kappa shape index (κ3) is 4.37. The summed E-state index contributed by atoms with van der Waals surface area (Å²) in [6.45, 7) is 0.919. The number of aliphatic hydroxyl groups is 1. The van der Waals surface area contributed by atoms with Crippen LogP contribution in [0.5, 0.6) is 0 Å². The molecule has 0 saturated heterocycles. The molecule has 0 radical (unpaired) electrons. The molecule has 4 nitrogen and oxygen atoms in total. The van der Waals surface area contributed by atoms with E-state index in [9.17, 15) is 5.11 Å². The monoisotopic (exact) mass is 267 g/mol. The van der Waals surface area contributed by atoms with E-state index < -0.39 is 0 Å². The fourth-order valence-corrected chi connectivity index (χ4v) is 3.42. The van der Waals surface area contributed by atoms with E-state index in [4.69, 9.17) is 5.73 Å². The van der Waals surface area contributed by atoms with Crippen LogP contribution in [0.3, 0.4) is 0 Å². The minimum atomic E-state index is 0.00968. The largest absolute Gasteiger partial charge is 0.396 e. The van der Waals surface area contributed by atoms with Gasteiger partial charge in [0, 0.05) is 11.5 Å². The van der Waals surface area contributed by atoms with Gasteiger partial charge in [0.15, 0.2) is 5.96 Å². The second-order valence-electron chi connectivity index (χ2n) is 6.40. The van der Waals surface area contributed by atoms with Crippen LogP contribution in [0.4, 0.5) is 0 Å². The van der Waals surface area contributed by atoms with Crippen molar-refractivity contribution in [2.45, 2.75) is 70.3 Å². The maximum atomic E-state index is 9.56. The van der Waals surface area contributed by atoms with Gasteiger partial charge < -0.3 is 16.2 Å². The molecular weight excluding hydrogens is 238 g/mol. The maximum absolute atomic E-state index is 9.56. The van der Waals surface area contributed by atoms with Crippen molar-refractivity contribution in [3.63, 3.8) is 0 Å². The molecule has 19 heavy (non-hydrogen) atoms. The summed E-state index contributed by atoms with van der Waals surface area (Å²) in [4.78, 5) is 4.50. The highest BCUT2D eigenvalue weighted by Gasteiger charge is 2.32. The van der Waals surface area contributed by atoms with Gasteiger partial charge in [0.25, 0.3) is 0 Å². The van der Waals surface area contributed by atoms with Gasteiger partial charge in [0.1, 0.15) is 0 Å². The smallest absolute Gasteiger partial charge is 0.188 e. The molecule has 0 aromatic rings. The predicted molar refractivity (Wildman–Crippen MR) is 79.1 cm³/mol. The number of hydrogen-bond acceptors (Lipinski definition) is 2. The molecule has 0 unspecified atom stereocenters. The molecule has 0 aliphatic heterocycles. The Hall–Kier alpha value is -0.770. The Morgan fingerprint density at radius 1 is 1.11 bits per heavy atom. The van der Waals surface area contributed by atoms with Gasteiger partial charge in [-0.15, -0.1) is 0 Å². The Kier molecular flexibility index (Phi) is 5.49. The number of guanidine groups is 1. The van der Waals surface area contributed by atoms with Crippen LogP contribution in [0.2, 0.25) is 0 Å². The van der Waals surface area contributed by atoms with Gasteiger partial charge in [-0.05, 0) is 25.7 Å². The molecule has 0 aromatic heterocycles. The summed E-state index contributed by atoms with van der Waals surface area (Å²) in [6, 6.07) is 0.500. The highest BCUT2D eigenvalue weighted by molar-refractivity contribution is 5.78. The van der Waals surface area contributed by atoms with Crippen molar-refractivity contribution in [2.75, 3.05) is 13.2 Å². The lowest BCUT2D eigenvalue weighted by molar-refractivity contribution is 0.138. The minimum absolute atomic E-state index is 0.00968. The Morgan fingerprint density at radius 3 is 2.32 bits per heavy atom. The van der Waals surface area contributed by atoms with E-state index in [-0.39, 0.29) is 12.0 Å². The van der Waals surface area contributed by atoms with E-state index >= 15 is 0 Å². The third-order valence-corrected chi connectivity index (χ3v) is 4.79. The highest BCUT2D eigenvalue weighted by atomic mass is 16.3. The number of nitrogens with zero attached hydrogens (tertiary/aromatic N) is 1. The van der Waals surface area contributed by atoms with Crippen LogP contribution in [0.25, 0.3) is 0 Å². The summed E-state index contributed by atoms with van der Waals surface area (Å²) >= 11 is 0. The highest BCUT2D eigenvalue weighted by Crippen LogP contribution is 2.37. The topological polar surface area (TPSA) is 70.6 Å². The lowest BCUT2D eigenvalue weighted by Crippen LogP contribution is -2.40. The van der Waals surface area contributed by atoms with Gasteiger partial charge >= 0.3 is 0 Å². The normalized spacial score (nSPS) is 25.2. The number of rotatable bonds is 4. The number of nitrogens with two attached hydrogens (primary N) is 1. The second-order valence-corrected chi connectivity index (χ2v) is 6.40. The zero-order valence-corrected chi connectivity index (χ0v) is 12.0. The van der Waals surface area contributed by atoms with E-state index in [0.717, 1.165) is 12.8 Å². The number of aliphatic hydroxyl groups excluding tert-OH is 1. The van der Waals surface area contributed by atoms with E-state index in [2.05, 4.69) is 10.3 Å². The molecule has 0 amide bonds. The summed E-state index contributed by atoms with van der Waals surface area (Å²) < 4.78 is 0. The van der Waals surface area contributed by atoms with Gasteiger partial charge in [0.05, 0.1) is 13.2 Å². The zero-order chi connectivity index (χ0) is 13.6. The molecule has 0 spiro atoms. The molecule has 110 valence electrons. The summed E-state index contributed by atoms with van der Waals surface area (Å²) in [5, 5.41) is 12.9. The number of hydrogen-bond donors (Lipinski definition) is 3. The summed E-state index contributed by atoms with van der Waals surface area (Å²) in [6.07, 6.45) is 12.3. The van der Waals surface area contributed by atoms with E-state index in [1.807, 2.05) is 0 Å². The molecule has 0 heterocycles. The van der Waals surface area contributed by atoms with Crippen molar-refractivity contribution in [1.29, 1.82) is 0 Å². The van der Waals surface area contributed by atoms with E-state index in [1.165, 1.54) is 51.4 Å². The van der Waals surface area contributed by atoms with Crippen LogP contribution >= 0.6 is 0 Å². The van der Waals surface area contributed by atoms with Gasteiger partial charge in [-0.25, -0.2) is 0 Å². The first-order chi connectivity index (χ1) is 9.24. The molecule has 4 heteroatoms. The average Bonchev–Trinajstić information content (AvgIpc) is 2.75. The van der Waals surface area contributed by atoms with E-state index in [1.54, 1.807) is 0 Å². The fraction of sp³-hybridized carbons (Fsp3) is 0.933. The molecule has 0 aromatic carbocycles. The van der Waals surface area contributed by atoms with Crippen LogP contribution in [-0.2, 0) is 0 Å². The van der Waals surface area contributed by atoms with Gasteiger partial charge in [-0.2, -0.15) is 0 Å². The number of nitrogens with one attached hydrogen (secondary N) is 1. The first kappa shape index (κ1) is 14.6.